The third-order valence-electron chi connectivity index (χ3n) is 6.61. The molecule has 0 saturated carbocycles. The maximum Gasteiger partial charge on any atom is 0.433 e. The molecule has 2 heterocycles. The van der Waals surface area contributed by atoms with Crippen molar-refractivity contribution in [3.63, 3.8) is 0 Å². The first kappa shape index (κ1) is 29.4. The molecule has 1 aliphatic rings. The average molecular weight is 573 g/mol. The molecule has 1 aliphatic heterocycles. The molecule has 1 saturated heterocycles. The predicted octanol–water partition coefficient (Wildman–Crippen LogP) is 5.84. The van der Waals surface area contributed by atoms with Gasteiger partial charge in [-0.15, -0.1) is 0 Å². The summed E-state index contributed by atoms with van der Waals surface area (Å²) in [6, 6.07) is 17.4. The lowest BCUT2D eigenvalue weighted by Crippen LogP contribution is -2.40. The number of hydrogen-bond donors (Lipinski definition) is 0. The fourth-order valence-corrected chi connectivity index (χ4v) is 5.22. The Kier molecular flexibility index (Phi) is 9.67. The number of ether oxygens (including phenoxy) is 1. The van der Waals surface area contributed by atoms with Gasteiger partial charge in [0.1, 0.15) is 5.82 Å². The van der Waals surface area contributed by atoms with Gasteiger partial charge in [-0.3, -0.25) is 9.59 Å². The number of esters is 1. The van der Waals surface area contributed by atoms with Gasteiger partial charge in [-0.2, -0.15) is 13.2 Å². The molecule has 212 valence electrons. The van der Waals surface area contributed by atoms with Crippen molar-refractivity contribution in [2.75, 3.05) is 31.6 Å². The van der Waals surface area contributed by atoms with Gasteiger partial charge in [0.05, 0.1) is 12.5 Å². The first-order chi connectivity index (χ1) is 19.1. The second kappa shape index (κ2) is 13.2. The number of thioether (sulfide) groups is 1. The summed E-state index contributed by atoms with van der Waals surface area (Å²) in [5, 5.41) is 0.0226. The second-order valence-corrected chi connectivity index (χ2v) is 10.5. The van der Waals surface area contributed by atoms with Crippen molar-refractivity contribution < 1.29 is 27.5 Å². The van der Waals surface area contributed by atoms with Gasteiger partial charge in [-0.05, 0) is 43.0 Å². The number of hydrogen-bond acceptors (Lipinski definition) is 7. The largest absolute Gasteiger partial charge is 0.466 e. The minimum Gasteiger partial charge on any atom is -0.466 e. The van der Waals surface area contributed by atoms with Crippen LogP contribution in [-0.2, 0) is 28.0 Å². The lowest BCUT2D eigenvalue weighted by Gasteiger charge is -2.31. The summed E-state index contributed by atoms with van der Waals surface area (Å²) in [6.07, 6.45) is -3.47. The summed E-state index contributed by atoms with van der Waals surface area (Å²) >= 11 is 1.10. The maximum absolute atomic E-state index is 13.6. The van der Waals surface area contributed by atoms with Crippen LogP contribution in [0.4, 0.5) is 19.0 Å². The van der Waals surface area contributed by atoms with Crippen LogP contribution in [0.15, 0.2) is 65.8 Å². The highest BCUT2D eigenvalue weighted by molar-refractivity contribution is 7.98. The molecule has 1 fully saturated rings. The van der Waals surface area contributed by atoms with Crippen molar-refractivity contribution in [3.05, 3.63) is 83.0 Å². The van der Waals surface area contributed by atoms with Crippen LogP contribution in [0.25, 0.3) is 0 Å². The van der Waals surface area contributed by atoms with Crippen LogP contribution in [0.5, 0.6) is 0 Å². The Hall–Kier alpha value is -3.60. The minimum absolute atomic E-state index is 0.0226. The van der Waals surface area contributed by atoms with Gasteiger partial charge in [-0.25, -0.2) is 9.97 Å². The molecule has 0 unspecified atom stereocenters. The van der Waals surface area contributed by atoms with E-state index in [0.717, 1.165) is 29.0 Å². The lowest BCUT2D eigenvalue weighted by atomic mass is 9.96. The Bertz CT molecular complexity index is 1300. The van der Waals surface area contributed by atoms with Crippen molar-refractivity contribution in [2.24, 2.45) is 5.92 Å². The average Bonchev–Trinajstić information content (AvgIpc) is 2.96. The molecule has 0 spiro atoms. The quantitative estimate of drug-likeness (QED) is 0.181. The Morgan fingerprint density at radius 2 is 1.70 bits per heavy atom. The van der Waals surface area contributed by atoms with E-state index in [4.69, 9.17) is 4.74 Å². The van der Waals surface area contributed by atoms with Gasteiger partial charge in [0.15, 0.2) is 10.9 Å². The third-order valence-corrected chi connectivity index (χ3v) is 7.53. The molecule has 11 heteroatoms. The molecule has 0 radical (unpaired) electrons. The van der Waals surface area contributed by atoms with Crippen LogP contribution in [0, 0.1) is 5.92 Å². The first-order valence-corrected chi connectivity index (χ1v) is 14.0. The van der Waals surface area contributed by atoms with E-state index in [1.807, 2.05) is 30.3 Å². The number of anilines is 1. The molecule has 40 heavy (non-hydrogen) atoms. The van der Waals surface area contributed by atoms with E-state index in [0.29, 0.717) is 50.4 Å². The number of carbonyl (C=O) groups excluding carboxylic acids is 2. The number of aromatic nitrogens is 2. The molecular formula is C29H31F3N4O3S. The van der Waals surface area contributed by atoms with Crippen molar-refractivity contribution in [1.29, 1.82) is 0 Å². The zero-order valence-corrected chi connectivity index (χ0v) is 23.2. The highest BCUT2D eigenvalue weighted by Crippen LogP contribution is 2.32. The maximum atomic E-state index is 13.6. The van der Waals surface area contributed by atoms with E-state index in [1.54, 1.807) is 48.0 Å². The van der Waals surface area contributed by atoms with Crippen LogP contribution in [0.2, 0.25) is 0 Å². The van der Waals surface area contributed by atoms with Crippen LogP contribution in [0.1, 0.15) is 46.9 Å². The molecule has 7 nitrogen and oxygen atoms in total. The molecule has 1 aromatic heterocycles. The third kappa shape index (κ3) is 7.74. The van der Waals surface area contributed by atoms with Crippen molar-refractivity contribution in [3.8, 4) is 0 Å². The van der Waals surface area contributed by atoms with Gasteiger partial charge in [0.25, 0.3) is 5.91 Å². The lowest BCUT2D eigenvalue weighted by molar-refractivity contribution is -0.149. The smallest absolute Gasteiger partial charge is 0.433 e. The monoisotopic (exact) mass is 572 g/mol. The molecule has 3 aromatic rings. The number of piperidine rings is 1. The molecular weight excluding hydrogens is 541 g/mol. The highest BCUT2D eigenvalue weighted by atomic mass is 32.2. The minimum atomic E-state index is -4.60. The predicted molar refractivity (Wildman–Crippen MR) is 147 cm³/mol. The van der Waals surface area contributed by atoms with E-state index >= 15 is 0 Å². The first-order valence-electron chi connectivity index (χ1n) is 13.0. The number of amides is 1. The number of halogens is 3. The fourth-order valence-electron chi connectivity index (χ4n) is 4.41. The van der Waals surface area contributed by atoms with E-state index in [2.05, 4.69) is 9.97 Å². The van der Waals surface area contributed by atoms with Gasteiger partial charge in [0, 0.05) is 44.1 Å². The summed E-state index contributed by atoms with van der Waals surface area (Å²) < 4.78 is 45.9. The molecule has 0 N–H and O–H groups in total. The van der Waals surface area contributed by atoms with E-state index in [9.17, 15) is 22.8 Å². The summed E-state index contributed by atoms with van der Waals surface area (Å²) in [7, 11) is 1.69. The van der Waals surface area contributed by atoms with Crippen LogP contribution in [0.3, 0.4) is 0 Å². The zero-order valence-electron chi connectivity index (χ0n) is 22.4. The Labute approximate surface area is 235 Å². The molecule has 4 rings (SSSR count). The van der Waals surface area contributed by atoms with Gasteiger partial charge < -0.3 is 14.5 Å². The molecule has 0 atom stereocenters. The zero-order chi connectivity index (χ0) is 28.7. The Morgan fingerprint density at radius 3 is 2.33 bits per heavy atom. The van der Waals surface area contributed by atoms with E-state index in [1.165, 1.54) is 0 Å². The Morgan fingerprint density at radius 1 is 1.02 bits per heavy atom. The summed E-state index contributed by atoms with van der Waals surface area (Å²) in [6.45, 7) is 3.47. The number of rotatable bonds is 9. The van der Waals surface area contributed by atoms with Crippen LogP contribution >= 0.6 is 11.8 Å². The normalized spacial score (nSPS) is 14.2. The fraction of sp³-hybridized carbons (Fsp3) is 0.379. The van der Waals surface area contributed by atoms with Crippen LogP contribution < -0.4 is 4.90 Å². The van der Waals surface area contributed by atoms with Crippen LogP contribution in [-0.4, -0.2) is 53.5 Å². The van der Waals surface area contributed by atoms with Crippen molar-refractivity contribution >= 4 is 29.5 Å². The summed E-state index contributed by atoms with van der Waals surface area (Å²) in [5.41, 5.74) is 1.29. The molecule has 2 aromatic carbocycles. The standard InChI is InChI=1S/C29H31F3N4O3S/c1-3-39-27(38)23-13-15-36(16-14-23)26(37)22-11-9-21(10-12-22)19-40-28-33-24(29(30,31)32)17-25(34-28)35(2)18-20-7-5-4-6-8-20/h4-12,17,23H,3,13-16,18-19H2,1-2H3. The highest BCUT2D eigenvalue weighted by Gasteiger charge is 2.34. The molecule has 0 aliphatic carbocycles. The number of nitrogens with zero attached hydrogens (tertiary/aromatic N) is 4. The summed E-state index contributed by atoms with van der Waals surface area (Å²) in [4.78, 5) is 36.4. The summed E-state index contributed by atoms with van der Waals surface area (Å²) in [5.74, 6) is 0.00850. The van der Waals surface area contributed by atoms with Gasteiger partial charge in [-0.1, -0.05) is 54.2 Å². The molecule has 0 bridgehead atoms. The second-order valence-electron chi connectivity index (χ2n) is 9.54. The number of alkyl halides is 3. The Balaban J connectivity index is 1.39. The van der Waals surface area contributed by atoms with E-state index in [-0.39, 0.29) is 28.8 Å². The SMILES string of the molecule is CCOC(=O)C1CCN(C(=O)c2ccc(CSc3nc(N(C)Cc4ccccc4)cc(C(F)(F)F)n3)cc2)CC1. The van der Waals surface area contributed by atoms with E-state index < -0.39 is 11.9 Å². The number of carbonyl (C=O) groups is 2. The van der Waals surface area contributed by atoms with Gasteiger partial charge >= 0.3 is 12.1 Å². The number of benzene rings is 2. The van der Waals surface area contributed by atoms with Crippen molar-refractivity contribution in [1.82, 2.24) is 14.9 Å². The topological polar surface area (TPSA) is 75.6 Å². The molecule has 1 amide bonds. The van der Waals surface area contributed by atoms with Crippen molar-refractivity contribution in [2.45, 2.75) is 43.4 Å². The van der Waals surface area contributed by atoms with Gasteiger partial charge in [0.2, 0.25) is 0 Å². The number of likely N-dealkylation sites (tertiary alicyclic amines) is 1.